The second-order valence-electron chi connectivity index (χ2n) is 21.9. The Kier molecular flexibility index (Phi) is 13.4. The maximum Gasteiger partial charge on any atom is 0.0541 e. The molecule has 17 aromatic rings. The van der Waals surface area contributed by atoms with Crippen molar-refractivity contribution in [2.24, 2.45) is 0 Å². The number of hydrogen-bond donors (Lipinski definition) is 0. The third kappa shape index (κ3) is 8.99. The summed E-state index contributed by atoms with van der Waals surface area (Å²) < 4.78 is 4.75. The number of para-hydroxylation sites is 4. The predicted molar refractivity (Wildman–Crippen MR) is 370 cm³/mol. The summed E-state index contributed by atoms with van der Waals surface area (Å²) in [5.74, 6) is 0. The third-order valence-corrected chi connectivity index (χ3v) is 17.2. The van der Waals surface area contributed by atoms with Crippen LogP contribution in [0.15, 0.2) is 328 Å². The molecule has 0 fully saturated rings. The van der Waals surface area contributed by atoms with Crippen molar-refractivity contribution < 1.29 is 0 Å². The first-order valence-corrected chi connectivity index (χ1v) is 30.0. The van der Waals surface area contributed by atoms with Gasteiger partial charge in [0.05, 0.1) is 22.1 Å². The molecule has 0 spiro atoms. The number of fused-ring (bicyclic) bond motifs is 11. The molecule has 0 radical (unpaired) electrons. The molecule has 0 aliphatic rings. The number of aromatic nitrogens is 2. The normalized spacial score (nSPS) is 11.4. The van der Waals surface area contributed by atoms with E-state index < -0.39 is 0 Å². The topological polar surface area (TPSA) is 9.86 Å². The maximum absolute atomic E-state index is 2.38. The number of benzene rings is 15. The molecule has 86 heavy (non-hydrogen) atoms. The fraction of sp³-hybridized carbons (Fsp3) is 0.0238. The van der Waals surface area contributed by atoms with Crippen molar-refractivity contribution in [1.29, 1.82) is 0 Å². The molecule has 406 valence electrons. The minimum atomic E-state index is 1.16. The van der Waals surface area contributed by atoms with Gasteiger partial charge in [-0.15, -0.1) is 0 Å². The molecule has 0 amide bonds. The molecule has 0 saturated carbocycles. The van der Waals surface area contributed by atoms with Gasteiger partial charge >= 0.3 is 0 Å². The van der Waals surface area contributed by atoms with Gasteiger partial charge in [0, 0.05) is 32.9 Å². The first kappa shape index (κ1) is 51.8. The lowest BCUT2D eigenvalue weighted by Crippen LogP contribution is -1.95. The molecule has 15 aromatic carbocycles. The summed E-state index contributed by atoms with van der Waals surface area (Å²) in [6, 6.07) is 119. The number of hydrogen-bond acceptors (Lipinski definition) is 0. The van der Waals surface area contributed by atoms with Crippen LogP contribution in [0.1, 0.15) is 13.8 Å². The monoisotopic (exact) mass is 1100 g/mol. The Balaban J connectivity index is 0.000000143. The van der Waals surface area contributed by atoms with E-state index >= 15 is 0 Å². The number of nitrogens with zero attached hydrogens (tertiary/aromatic N) is 2. The summed E-state index contributed by atoms with van der Waals surface area (Å²) in [6.07, 6.45) is 0. The Morgan fingerprint density at radius 2 is 0.535 bits per heavy atom. The predicted octanol–water partition coefficient (Wildman–Crippen LogP) is 23.5. The van der Waals surface area contributed by atoms with Crippen LogP contribution in [-0.2, 0) is 0 Å². The molecule has 0 N–H and O–H groups in total. The summed E-state index contributed by atoms with van der Waals surface area (Å²) >= 11 is 0. The largest absolute Gasteiger partial charge is 0.309 e. The van der Waals surface area contributed by atoms with Crippen molar-refractivity contribution in [3.05, 3.63) is 328 Å². The van der Waals surface area contributed by atoms with Gasteiger partial charge in [-0.1, -0.05) is 275 Å². The van der Waals surface area contributed by atoms with Crippen LogP contribution in [0.4, 0.5) is 0 Å². The molecule has 2 heterocycles. The molecule has 2 nitrogen and oxygen atoms in total. The van der Waals surface area contributed by atoms with Gasteiger partial charge in [0.25, 0.3) is 0 Å². The van der Waals surface area contributed by atoms with E-state index in [2.05, 4.69) is 337 Å². The fourth-order valence-corrected chi connectivity index (χ4v) is 13.3. The van der Waals surface area contributed by atoms with Gasteiger partial charge in [0.15, 0.2) is 0 Å². The quantitative estimate of drug-likeness (QED) is 0.111. The molecule has 17 rings (SSSR count). The fourth-order valence-electron chi connectivity index (χ4n) is 13.3. The zero-order valence-corrected chi connectivity index (χ0v) is 48.1. The van der Waals surface area contributed by atoms with Crippen LogP contribution >= 0.6 is 0 Å². The molecule has 0 aliphatic carbocycles. The van der Waals surface area contributed by atoms with Crippen LogP contribution in [0.3, 0.4) is 0 Å². The third-order valence-electron chi connectivity index (χ3n) is 17.2. The Morgan fingerprint density at radius 1 is 0.186 bits per heavy atom. The van der Waals surface area contributed by atoms with Crippen LogP contribution in [0.25, 0.3) is 154 Å². The van der Waals surface area contributed by atoms with Crippen molar-refractivity contribution in [3.63, 3.8) is 0 Å². The molecule has 0 saturated heterocycles. The highest BCUT2D eigenvalue weighted by molar-refractivity contribution is 6.22. The minimum Gasteiger partial charge on any atom is -0.309 e. The standard InChI is InChI=1S/C44H29N.C38H25N.C2H6/c1-3-13-30(14-4-1)33-25-28-39-40(29-33)44(31-15-5-2-6-16-31)38-20-8-7-19-37(38)43(39)32-23-26-34(27-24-32)45-41-21-11-9-17-35(41)36-18-10-12-22-42(36)45;1-2-11-30(12-3-1)39-37-17-9-8-16-34(37)36-24-28(22-23-38(36)39)26-18-20-27(21-19-26)35-25-29-10-4-5-13-31(29)32-14-6-7-15-33(32)35;1-2/h1-29H;1-25H;1-2H3. The summed E-state index contributed by atoms with van der Waals surface area (Å²) in [4.78, 5) is 0. The van der Waals surface area contributed by atoms with Gasteiger partial charge in [-0.25, -0.2) is 0 Å². The highest BCUT2D eigenvalue weighted by Gasteiger charge is 2.20. The molecule has 0 bridgehead atoms. The minimum absolute atomic E-state index is 1.16. The van der Waals surface area contributed by atoms with Crippen molar-refractivity contribution in [2.75, 3.05) is 0 Å². The average Bonchev–Trinajstić information content (AvgIpc) is 1.35. The van der Waals surface area contributed by atoms with Crippen LogP contribution in [-0.4, -0.2) is 9.13 Å². The highest BCUT2D eigenvalue weighted by Crippen LogP contribution is 2.46. The first-order valence-electron chi connectivity index (χ1n) is 30.0. The van der Waals surface area contributed by atoms with E-state index in [1.54, 1.807) is 0 Å². The lowest BCUT2D eigenvalue weighted by Gasteiger charge is -2.19. The second kappa shape index (κ2) is 22.3. The maximum atomic E-state index is 2.38. The molecule has 0 atom stereocenters. The van der Waals surface area contributed by atoms with E-state index in [-0.39, 0.29) is 0 Å². The Hall–Kier alpha value is -11.1. The zero-order chi connectivity index (χ0) is 57.5. The molecule has 0 aliphatic heterocycles. The van der Waals surface area contributed by atoms with Gasteiger partial charge in [0.2, 0.25) is 0 Å². The molecule has 2 heteroatoms. The van der Waals surface area contributed by atoms with Crippen molar-refractivity contribution in [2.45, 2.75) is 13.8 Å². The van der Waals surface area contributed by atoms with E-state index in [1.165, 1.54) is 148 Å². The van der Waals surface area contributed by atoms with Gasteiger partial charge in [-0.05, 0) is 165 Å². The van der Waals surface area contributed by atoms with E-state index in [9.17, 15) is 0 Å². The van der Waals surface area contributed by atoms with E-state index in [0.29, 0.717) is 0 Å². The van der Waals surface area contributed by atoms with E-state index in [4.69, 9.17) is 0 Å². The summed E-state index contributed by atoms with van der Waals surface area (Å²) in [5.41, 5.74) is 19.7. The summed E-state index contributed by atoms with van der Waals surface area (Å²) in [6.45, 7) is 4.00. The van der Waals surface area contributed by atoms with Crippen LogP contribution < -0.4 is 0 Å². The van der Waals surface area contributed by atoms with Gasteiger partial charge < -0.3 is 9.13 Å². The van der Waals surface area contributed by atoms with Crippen molar-refractivity contribution in [1.82, 2.24) is 9.13 Å². The van der Waals surface area contributed by atoms with Gasteiger partial charge in [-0.3, -0.25) is 0 Å². The first-order chi connectivity index (χ1) is 42.7. The van der Waals surface area contributed by atoms with E-state index in [1.807, 2.05) is 13.8 Å². The second-order valence-corrected chi connectivity index (χ2v) is 21.9. The average molecular weight is 1100 g/mol. The molecule has 2 aromatic heterocycles. The highest BCUT2D eigenvalue weighted by atomic mass is 15.0. The van der Waals surface area contributed by atoms with Crippen molar-refractivity contribution in [3.8, 4) is 67.0 Å². The smallest absolute Gasteiger partial charge is 0.0541 e. The SMILES string of the molecule is CC.c1ccc(-c2ccc3c(-c4ccc(-n5c6ccccc6c6ccccc65)cc4)c4ccccc4c(-c4ccccc4)c3c2)cc1.c1ccc(-n2c3ccccc3c3cc(-c4ccc(-c5cc6ccccc6c6ccccc56)cc4)ccc32)cc1. The lowest BCUT2D eigenvalue weighted by molar-refractivity contribution is 1.18. The Morgan fingerprint density at radius 3 is 1.13 bits per heavy atom. The molecular formula is C84H60N2. The van der Waals surface area contributed by atoms with Gasteiger partial charge in [0.1, 0.15) is 0 Å². The zero-order valence-electron chi connectivity index (χ0n) is 48.1. The Labute approximate surface area is 501 Å². The number of rotatable bonds is 7. The summed E-state index contributed by atoms with van der Waals surface area (Å²) in [7, 11) is 0. The summed E-state index contributed by atoms with van der Waals surface area (Å²) in [5, 5.41) is 15.3. The molecular weight excluding hydrogens is 1040 g/mol. The molecule has 0 unspecified atom stereocenters. The van der Waals surface area contributed by atoms with Crippen molar-refractivity contribution >= 4 is 86.7 Å². The van der Waals surface area contributed by atoms with Crippen LogP contribution in [0, 0.1) is 0 Å². The Bertz CT molecular complexity index is 5270. The van der Waals surface area contributed by atoms with Gasteiger partial charge in [-0.2, -0.15) is 0 Å². The van der Waals surface area contributed by atoms with Crippen LogP contribution in [0.2, 0.25) is 0 Å². The van der Waals surface area contributed by atoms with Crippen LogP contribution in [0.5, 0.6) is 0 Å². The lowest BCUT2D eigenvalue weighted by atomic mass is 9.85. The van der Waals surface area contributed by atoms with E-state index in [0.717, 1.165) is 5.69 Å².